The van der Waals surface area contributed by atoms with Gasteiger partial charge < -0.3 is 9.47 Å². The maximum absolute atomic E-state index is 11.5. The summed E-state index contributed by atoms with van der Waals surface area (Å²) >= 11 is 0. The Morgan fingerprint density at radius 1 is 1.17 bits per heavy atom. The van der Waals surface area contributed by atoms with E-state index in [0.717, 1.165) is 31.9 Å². The second-order valence-corrected chi connectivity index (χ2v) is 8.18. The van der Waals surface area contributed by atoms with E-state index in [1.807, 2.05) is 7.05 Å². The van der Waals surface area contributed by atoms with Crippen molar-refractivity contribution in [1.82, 2.24) is 4.90 Å². The summed E-state index contributed by atoms with van der Waals surface area (Å²) in [7, 11) is -0.0393. The lowest BCUT2D eigenvalue weighted by molar-refractivity contribution is -0.147. The van der Waals surface area contributed by atoms with Gasteiger partial charge in [0.1, 0.15) is 0 Å². The highest BCUT2D eigenvalue weighted by Crippen LogP contribution is 2.28. The molecule has 2 atom stereocenters. The number of likely N-dealkylation sites (tertiary alicyclic amines) is 1. The molecule has 2 fully saturated rings. The van der Waals surface area contributed by atoms with Crippen LogP contribution in [0.1, 0.15) is 32.1 Å². The maximum Gasteiger partial charge on any atom is 0.308 e. The van der Waals surface area contributed by atoms with E-state index in [1.165, 1.54) is 7.11 Å². The van der Waals surface area contributed by atoms with Gasteiger partial charge in [-0.05, 0) is 39.2 Å². The zero-order chi connectivity index (χ0) is 17.0. The van der Waals surface area contributed by atoms with Gasteiger partial charge in [-0.15, -0.1) is 0 Å². The molecule has 0 unspecified atom stereocenters. The van der Waals surface area contributed by atoms with Gasteiger partial charge in [0.15, 0.2) is 0 Å². The van der Waals surface area contributed by atoms with Crippen molar-refractivity contribution in [3.8, 4) is 0 Å². The van der Waals surface area contributed by atoms with Crippen LogP contribution in [0, 0.1) is 5.92 Å². The van der Waals surface area contributed by atoms with E-state index in [0.29, 0.717) is 19.6 Å². The molecule has 2 rings (SSSR count). The smallest absolute Gasteiger partial charge is 0.308 e. The summed E-state index contributed by atoms with van der Waals surface area (Å²) < 4.78 is 38.2. The summed E-state index contributed by atoms with van der Waals surface area (Å²) in [6.45, 7) is 1.16. The van der Waals surface area contributed by atoms with Gasteiger partial charge >= 0.3 is 5.97 Å². The van der Waals surface area contributed by atoms with Crippen LogP contribution < -0.4 is 0 Å². The van der Waals surface area contributed by atoms with E-state index >= 15 is 0 Å². The van der Waals surface area contributed by atoms with Crippen LogP contribution in [0.3, 0.4) is 0 Å². The molecule has 0 radical (unpaired) electrons. The van der Waals surface area contributed by atoms with Crippen molar-refractivity contribution in [1.29, 1.82) is 0 Å². The van der Waals surface area contributed by atoms with E-state index in [1.54, 1.807) is 0 Å². The normalized spacial score (nSPS) is 32.8. The van der Waals surface area contributed by atoms with Gasteiger partial charge in [0.2, 0.25) is 0 Å². The molecule has 2 aliphatic rings. The Morgan fingerprint density at radius 2 is 1.83 bits per heavy atom. The topological polar surface area (TPSA) is 82.1 Å². The van der Waals surface area contributed by atoms with Gasteiger partial charge in [-0.1, -0.05) is 0 Å². The summed E-state index contributed by atoms with van der Waals surface area (Å²) in [5.41, 5.74) is 0. The summed E-state index contributed by atoms with van der Waals surface area (Å²) in [5, 5.41) is 0. The zero-order valence-corrected chi connectivity index (χ0v) is 14.9. The van der Waals surface area contributed by atoms with E-state index in [-0.39, 0.29) is 30.1 Å². The predicted molar refractivity (Wildman–Crippen MR) is 84.5 cm³/mol. The van der Waals surface area contributed by atoms with Crippen LogP contribution in [-0.4, -0.2) is 71.1 Å². The van der Waals surface area contributed by atoms with Crippen LogP contribution in [0.5, 0.6) is 0 Å². The second-order valence-electron chi connectivity index (χ2n) is 6.58. The van der Waals surface area contributed by atoms with Crippen molar-refractivity contribution < 1.29 is 26.9 Å². The third-order valence-corrected chi connectivity index (χ3v) is 5.32. The van der Waals surface area contributed by atoms with Crippen LogP contribution in [0.15, 0.2) is 0 Å². The quantitative estimate of drug-likeness (QED) is 0.518. The summed E-state index contributed by atoms with van der Waals surface area (Å²) in [4.78, 5) is 13.6. The molecule has 0 N–H and O–H groups in total. The molecule has 8 heteroatoms. The number of carbonyl (C=O) groups excluding carboxylic acids is 1. The summed E-state index contributed by atoms with van der Waals surface area (Å²) in [5.74, 6) is -0.124. The minimum absolute atomic E-state index is 0.00143. The third-order valence-electron chi connectivity index (χ3n) is 4.69. The fraction of sp³-hybridized carbons (Fsp3) is 0.933. The molecular weight excluding hydrogens is 322 g/mol. The number of carbonyl (C=O) groups is 1. The highest BCUT2D eigenvalue weighted by atomic mass is 32.2. The largest absolute Gasteiger partial charge is 0.469 e. The average Bonchev–Trinajstić information content (AvgIpc) is 2.82. The van der Waals surface area contributed by atoms with E-state index in [2.05, 4.69) is 4.90 Å². The molecule has 1 saturated carbocycles. The van der Waals surface area contributed by atoms with Crippen molar-refractivity contribution in [2.24, 2.45) is 5.92 Å². The standard InChI is InChI=1S/C15H27NO6S/c1-16-9-14(22-23(3,18)19)8-12(16)10-21-13-6-4-11(5-7-13)15(17)20-2/h11-14H,4-10H2,1-3H3/t11?,12-,13?,14+/m0/s1. The molecule has 0 aromatic rings. The van der Waals surface area contributed by atoms with Crippen molar-refractivity contribution in [2.75, 3.05) is 33.6 Å². The van der Waals surface area contributed by atoms with E-state index in [9.17, 15) is 13.2 Å². The van der Waals surface area contributed by atoms with Crippen molar-refractivity contribution in [3.05, 3.63) is 0 Å². The molecule has 0 amide bonds. The number of hydrogen-bond donors (Lipinski definition) is 0. The molecular formula is C15H27NO6S. The summed E-state index contributed by atoms with van der Waals surface area (Å²) in [6.07, 6.45) is 4.93. The van der Waals surface area contributed by atoms with Crippen molar-refractivity contribution in [2.45, 2.75) is 50.4 Å². The third kappa shape index (κ3) is 5.70. The number of esters is 1. The Balaban J connectivity index is 1.71. The van der Waals surface area contributed by atoms with Gasteiger partial charge in [0.25, 0.3) is 10.1 Å². The molecule has 134 valence electrons. The lowest BCUT2D eigenvalue weighted by atomic mass is 9.87. The summed E-state index contributed by atoms with van der Waals surface area (Å²) in [6, 6.07) is 0.167. The SMILES string of the molecule is COC(=O)C1CCC(OC[C@@H]2C[C@@H](OS(C)(=O)=O)CN2C)CC1. The maximum atomic E-state index is 11.5. The molecule has 0 bridgehead atoms. The number of hydrogen-bond acceptors (Lipinski definition) is 7. The molecule has 0 aromatic carbocycles. The lowest BCUT2D eigenvalue weighted by Crippen LogP contribution is -2.33. The first kappa shape index (κ1) is 18.6. The Kier molecular flexibility index (Phi) is 6.41. The van der Waals surface area contributed by atoms with Crippen LogP contribution in [0.4, 0.5) is 0 Å². The Labute approximate surface area is 138 Å². The molecule has 1 aliphatic heterocycles. The first-order chi connectivity index (χ1) is 10.8. The molecule has 1 heterocycles. The molecule has 1 saturated heterocycles. The number of ether oxygens (including phenoxy) is 2. The number of likely N-dealkylation sites (N-methyl/N-ethyl adjacent to an activating group) is 1. The fourth-order valence-corrected chi connectivity index (χ4v) is 4.05. The van der Waals surface area contributed by atoms with Gasteiger partial charge in [0, 0.05) is 12.6 Å². The fourth-order valence-electron chi connectivity index (χ4n) is 3.42. The van der Waals surface area contributed by atoms with Crippen LogP contribution in [0.25, 0.3) is 0 Å². The average molecular weight is 349 g/mol. The van der Waals surface area contributed by atoms with Gasteiger partial charge in [-0.2, -0.15) is 8.42 Å². The minimum Gasteiger partial charge on any atom is -0.469 e. The number of methoxy groups -OCH3 is 1. The van der Waals surface area contributed by atoms with Crippen LogP contribution in [-0.2, 0) is 28.6 Å². The first-order valence-corrected chi connectivity index (χ1v) is 9.88. The molecule has 23 heavy (non-hydrogen) atoms. The second kappa shape index (κ2) is 7.92. The van der Waals surface area contributed by atoms with Crippen LogP contribution >= 0.6 is 0 Å². The highest BCUT2D eigenvalue weighted by molar-refractivity contribution is 7.86. The number of rotatable bonds is 6. The monoisotopic (exact) mass is 349 g/mol. The number of nitrogens with zero attached hydrogens (tertiary/aromatic N) is 1. The Hall–Kier alpha value is -0.700. The molecule has 0 spiro atoms. The van der Waals surface area contributed by atoms with Crippen molar-refractivity contribution in [3.63, 3.8) is 0 Å². The molecule has 0 aromatic heterocycles. The van der Waals surface area contributed by atoms with Crippen molar-refractivity contribution >= 4 is 16.1 Å². The Morgan fingerprint density at radius 3 is 2.39 bits per heavy atom. The minimum atomic E-state index is -3.42. The van der Waals surface area contributed by atoms with E-state index < -0.39 is 10.1 Å². The van der Waals surface area contributed by atoms with Gasteiger partial charge in [0.05, 0.1) is 38.1 Å². The Bertz CT molecular complexity index is 500. The van der Waals surface area contributed by atoms with E-state index in [4.69, 9.17) is 13.7 Å². The lowest BCUT2D eigenvalue weighted by Gasteiger charge is -2.29. The van der Waals surface area contributed by atoms with Crippen LogP contribution in [0.2, 0.25) is 0 Å². The predicted octanol–water partition coefficient (Wildman–Crippen LogP) is 0.784. The molecule has 1 aliphatic carbocycles. The molecule has 7 nitrogen and oxygen atoms in total. The van der Waals surface area contributed by atoms with Gasteiger partial charge in [-0.25, -0.2) is 0 Å². The zero-order valence-electron chi connectivity index (χ0n) is 14.1. The first-order valence-electron chi connectivity index (χ1n) is 8.06. The van der Waals surface area contributed by atoms with Gasteiger partial charge in [-0.3, -0.25) is 13.9 Å². The highest BCUT2D eigenvalue weighted by Gasteiger charge is 2.34.